The molecule has 0 aromatic heterocycles. The third kappa shape index (κ3) is 9.32. The zero-order valence-electron chi connectivity index (χ0n) is 22.1. The SMILES string of the molecule is CC(C)C[C@H](NC(=O)N1CCOCC1)C(=O)N[C@@H](CCc1ccccc1)[C@H](S)CS(=O)(=O)c1ccccc1. The number of nitrogens with one attached hydrogen (secondary N) is 2. The van der Waals surface area contributed by atoms with Gasteiger partial charge in [-0.05, 0) is 42.9 Å². The van der Waals surface area contributed by atoms with E-state index in [0.717, 1.165) is 5.56 Å². The Balaban J connectivity index is 1.75. The molecule has 0 spiro atoms. The summed E-state index contributed by atoms with van der Waals surface area (Å²) in [7, 11) is -3.61. The monoisotopic (exact) mass is 561 g/mol. The number of ether oxygens (including phenoxy) is 1. The van der Waals surface area contributed by atoms with Gasteiger partial charge in [-0.3, -0.25) is 4.79 Å². The third-order valence-corrected chi connectivity index (χ3v) is 9.07. The third-order valence-electron chi connectivity index (χ3n) is 6.49. The highest BCUT2D eigenvalue weighted by molar-refractivity contribution is 7.92. The van der Waals surface area contributed by atoms with Crippen molar-refractivity contribution in [2.24, 2.45) is 5.92 Å². The van der Waals surface area contributed by atoms with Gasteiger partial charge in [0.1, 0.15) is 6.04 Å². The number of hydrogen-bond donors (Lipinski definition) is 3. The van der Waals surface area contributed by atoms with Gasteiger partial charge in [0.05, 0.1) is 23.9 Å². The first-order chi connectivity index (χ1) is 18.2. The molecule has 1 aliphatic rings. The quantitative estimate of drug-likeness (QED) is 0.345. The first-order valence-electron chi connectivity index (χ1n) is 13.1. The van der Waals surface area contributed by atoms with E-state index in [1.54, 1.807) is 35.2 Å². The zero-order chi connectivity index (χ0) is 27.5. The van der Waals surface area contributed by atoms with E-state index in [4.69, 9.17) is 4.74 Å². The van der Waals surface area contributed by atoms with Crippen LogP contribution in [0.15, 0.2) is 65.6 Å². The van der Waals surface area contributed by atoms with E-state index in [9.17, 15) is 18.0 Å². The number of thiol groups is 1. The number of morpholine rings is 1. The highest BCUT2D eigenvalue weighted by Gasteiger charge is 2.31. The van der Waals surface area contributed by atoms with Crippen LogP contribution in [0.25, 0.3) is 0 Å². The standard InChI is InChI=1S/C28H39N3O5S2/c1-21(2)19-25(30-28(33)31-15-17-36-18-16-31)27(32)29-24(14-13-22-9-5-3-6-10-22)26(37)20-38(34,35)23-11-7-4-8-12-23/h3-12,21,24-26,37H,13-20H2,1-2H3,(H,29,32)(H,30,33)/t24-,25-,26+/m0/s1. The summed E-state index contributed by atoms with van der Waals surface area (Å²) in [5, 5.41) is 5.27. The molecule has 0 radical (unpaired) electrons. The van der Waals surface area contributed by atoms with Crippen molar-refractivity contribution in [3.05, 3.63) is 66.2 Å². The lowest BCUT2D eigenvalue weighted by Crippen LogP contribution is -2.56. The van der Waals surface area contributed by atoms with Crippen molar-refractivity contribution < 1.29 is 22.7 Å². The molecule has 8 nitrogen and oxygen atoms in total. The molecule has 2 N–H and O–H groups in total. The Hall–Kier alpha value is -2.56. The average Bonchev–Trinajstić information content (AvgIpc) is 2.91. The van der Waals surface area contributed by atoms with Crippen LogP contribution in [0, 0.1) is 5.92 Å². The van der Waals surface area contributed by atoms with Crippen LogP contribution in [0.4, 0.5) is 4.79 Å². The van der Waals surface area contributed by atoms with Crippen molar-refractivity contribution in [2.75, 3.05) is 32.1 Å². The summed E-state index contributed by atoms with van der Waals surface area (Å²) in [5.41, 5.74) is 1.08. The van der Waals surface area contributed by atoms with Gasteiger partial charge in [0, 0.05) is 24.4 Å². The molecule has 3 atom stereocenters. The highest BCUT2D eigenvalue weighted by Crippen LogP contribution is 2.19. The lowest BCUT2D eigenvalue weighted by atomic mass is 10.0. The van der Waals surface area contributed by atoms with Crippen LogP contribution in [0.2, 0.25) is 0 Å². The van der Waals surface area contributed by atoms with Crippen molar-refractivity contribution in [1.82, 2.24) is 15.5 Å². The number of nitrogens with zero attached hydrogens (tertiary/aromatic N) is 1. The summed E-state index contributed by atoms with van der Waals surface area (Å²) in [5.74, 6) is -0.409. The number of hydrogen-bond acceptors (Lipinski definition) is 6. The van der Waals surface area contributed by atoms with Gasteiger partial charge in [-0.1, -0.05) is 62.4 Å². The second kappa shape index (κ2) is 14.6. The topological polar surface area (TPSA) is 105 Å². The van der Waals surface area contributed by atoms with Crippen LogP contribution in [-0.4, -0.2) is 74.6 Å². The second-order valence-corrected chi connectivity index (χ2v) is 12.7. The van der Waals surface area contributed by atoms with Gasteiger partial charge >= 0.3 is 6.03 Å². The molecule has 3 amide bonds. The van der Waals surface area contributed by atoms with Crippen LogP contribution in [0.1, 0.15) is 32.3 Å². The lowest BCUT2D eigenvalue weighted by Gasteiger charge is -2.31. The molecule has 0 bridgehead atoms. The van der Waals surface area contributed by atoms with Crippen molar-refractivity contribution in [2.45, 2.75) is 55.3 Å². The van der Waals surface area contributed by atoms with Crippen molar-refractivity contribution in [1.29, 1.82) is 0 Å². The van der Waals surface area contributed by atoms with E-state index >= 15 is 0 Å². The Bertz CT molecular complexity index is 1120. The van der Waals surface area contributed by atoms with Crippen LogP contribution in [-0.2, 0) is 25.8 Å². The number of benzene rings is 2. The van der Waals surface area contributed by atoms with Gasteiger partial charge in [0.2, 0.25) is 5.91 Å². The van der Waals surface area contributed by atoms with Gasteiger partial charge in [0.15, 0.2) is 9.84 Å². The summed E-state index contributed by atoms with van der Waals surface area (Å²) in [6.07, 6.45) is 1.59. The number of aryl methyl sites for hydroxylation is 1. The van der Waals surface area contributed by atoms with Crippen LogP contribution in [0.3, 0.4) is 0 Å². The van der Waals surface area contributed by atoms with Crippen LogP contribution >= 0.6 is 12.6 Å². The second-order valence-electron chi connectivity index (χ2n) is 10.0. The maximum atomic E-state index is 13.5. The summed E-state index contributed by atoms with van der Waals surface area (Å²) in [4.78, 5) is 28.2. The summed E-state index contributed by atoms with van der Waals surface area (Å²) in [6.45, 7) is 5.85. The average molecular weight is 562 g/mol. The molecule has 38 heavy (non-hydrogen) atoms. The molecule has 3 rings (SSSR count). The fourth-order valence-corrected chi connectivity index (χ4v) is 6.64. The molecule has 0 unspecified atom stereocenters. The zero-order valence-corrected chi connectivity index (χ0v) is 23.8. The van der Waals surface area contributed by atoms with E-state index < -0.39 is 27.2 Å². The Kier molecular flexibility index (Phi) is 11.5. The van der Waals surface area contributed by atoms with Gasteiger partial charge < -0.3 is 20.3 Å². The smallest absolute Gasteiger partial charge is 0.318 e. The van der Waals surface area contributed by atoms with Gasteiger partial charge in [0.25, 0.3) is 0 Å². The molecule has 1 heterocycles. The predicted octanol–water partition coefficient (Wildman–Crippen LogP) is 3.33. The number of carbonyl (C=O) groups excluding carboxylic acids is 2. The Morgan fingerprint density at radius 2 is 1.58 bits per heavy atom. The van der Waals surface area contributed by atoms with Crippen molar-refractivity contribution in [3.8, 4) is 0 Å². The maximum absolute atomic E-state index is 13.5. The molecule has 2 aromatic carbocycles. The molecule has 10 heteroatoms. The van der Waals surface area contributed by atoms with E-state index in [1.165, 1.54) is 0 Å². The molecule has 208 valence electrons. The van der Waals surface area contributed by atoms with Gasteiger partial charge in [-0.25, -0.2) is 13.2 Å². The van der Waals surface area contributed by atoms with Crippen LogP contribution in [0.5, 0.6) is 0 Å². The number of urea groups is 1. The van der Waals surface area contributed by atoms with E-state index in [2.05, 4.69) is 23.3 Å². The van der Waals surface area contributed by atoms with E-state index in [1.807, 2.05) is 44.2 Å². The molecular weight excluding hydrogens is 522 g/mol. The summed E-state index contributed by atoms with van der Waals surface area (Å²) in [6, 6.07) is 16.5. The largest absolute Gasteiger partial charge is 0.378 e. The Morgan fingerprint density at radius 1 is 0.974 bits per heavy atom. The molecule has 1 aliphatic heterocycles. The van der Waals surface area contributed by atoms with E-state index in [0.29, 0.717) is 45.6 Å². The number of amides is 3. The first-order valence-corrected chi connectivity index (χ1v) is 15.3. The molecule has 0 aliphatic carbocycles. The first kappa shape index (κ1) is 30.0. The molecule has 0 saturated carbocycles. The van der Waals surface area contributed by atoms with Crippen LogP contribution < -0.4 is 10.6 Å². The summed E-state index contributed by atoms with van der Waals surface area (Å²) < 4.78 is 31.5. The van der Waals surface area contributed by atoms with Gasteiger partial charge in [-0.15, -0.1) is 0 Å². The fourth-order valence-electron chi connectivity index (χ4n) is 4.39. The molecule has 1 saturated heterocycles. The Labute approximate surface area is 231 Å². The molecular formula is C28H39N3O5S2. The van der Waals surface area contributed by atoms with Crippen molar-refractivity contribution >= 4 is 34.4 Å². The highest BCUT2D eigenvalue weighted by atomic mass is 32.2. The number of sulfone groups is 1. The Morgan fingerprint density at radius 3 is 2.18 bits per heavy atom. The molecule has 1 fully saturated rings. The normalized spacial score (nSPS) is 16.5. The molecule has 2 aromatic rings. The van der Waals surface area contributed by atoms with Crippen molar-refractivity contribution in [3.63, 3.8) is 0 Å². The fraction of sp³-hybridized carbons (Fsp3) is 0.500. The minimum absolute atomic E-state index is 0.156. The number of rotatable bonds is 12. The lowest BCUT2D eigenvalue weighted by molar-refractivity contribution is -0.124. The van der Waals surface area contributed by atoms with Gasteiger partial charge in [-0.2, -0.15) is 12.6 Å². The predicted molar refractivity (Wildman–Crippen MR) is 152 cm³/mol. The minimum atomic E-state index is -3.61. The van der Waals surface area contributed by atoms with E-state index in [-0.39, 0.29) is 28.5 Å². The minimum Gasteiger partial charge on any atom is -0.378 e. The number of carbonyl (C=O) groups is 2. The summed E-state index contributed by atoms with van der Waals surface area (Å²) >= 11 is 4.68. The maximum Gasteiger partial charge on any atom is 0.318 e.